The Morgan fingerprint density at radius 1 is 1.40 bits per heavy atom. The van der Waals surface area contributed by atoms with Crippen molar-refractivity contribution in [1.82, 2.24) is 0 Å². The Morgan fingerprint density at radius 2 is 2.00 bits per heavy atom. The van der Waals surface area contributed by atoms with Gasteiger partial charge in [0, 0.05) is 6.54 Å². The summed E-state index contributed by atoms with van der Waals surface area (Å²) in [4.78, 5) is 10.7. The van der Waals surface area contributed by atoms with E-state index in [2.05, 4.69) is 0 Å². The van der Waals surface area contributed by atoms with Crippen LogP contribution in [0.3, 0.4) is 0 Å². The minimum Gasteiger partial charge on any atom is -0.508 e. The molecular weight excluding hydrogens is 218 g/mol. The third kappa shape index (κ3) is 3.77. The van der Waals surface area contributed by atoms with Crippen LogP contribution >= 0.6 is 12.4 Å². The highest BCUT2D eigenvalue weighted by Gasteiger charge is 2.17. The molecule has 84 valence electrons. The maximum Gasteiger partial charge on any atom is 0.308 e. The quantitative estimate of drug-likeness (QED) is 0.722. The van der Waals surface area contributed by atoms with Gasteiger partial charge in [0.15, 0.2) is 0 Å². The van der Waals surface area contributed by atoms with Crippen LogP contribution in [0.4, 0.5) is 0 Å². The fourth-order valence-electron chi connectivity index (χ4n) is 1.22. The lowest BCUT2D eigenvalue weighted by molar-refractivity contribution is -0.141. The minimum absolute atomic E-state index is 0. The molecular formula is C10H14ClNO3. The second-order valence-electron chi connectivity index (χ2n) is 3.10. The Labute approximate surface area is 94.1 Å². The fraction of sp³-hybridized carbons (Fsp3) is 0.300. The molecule has 4 N–H and O–H groups in total. The normalized spacial score (nSPS) is 11.5. The number of aromatic hydroxyl groups is 1. The van der Waals surface area contributed by atoms with E-state index in [0.717, 1.165) is 0 Å². The number of carbonyl (C=O) groups is 1. The topological polar surface area (TPSA) is 83.5 Å². The first kappa shape index (κ1) is 13.7. The number of hydrogen-bond acceptors (Lipinski definition) is 3. The zero-order chi connectivity index (χ0) is 10.6. The van der Waals surface area contributed by atoms with Gasteiger partial charge in [0.05, 0.1) is 5.92 Å². The Kier molecular flexibility index (Phi) is 5.74. The Morgan fingerprint density at radius 3 is 2.47 bits per heavy atom. The van der Waals surface area contributed by atoms with Crippen molar-refractivity contribution in [2.75, 3.05) is 6.54 Å². The molecule has 1 rings (SSSR count). The summed E-state index contributed by atoms with van der Waals surface area (Å²) >= 11 is 0. The molecule has 0 fully saturated rings. The molecule has 1 aromatic carbocycles. The zero-order valence-corrected chi connectivity index (χ0v) is 8.91. The van der Waals surface area contributed by atoms with Gasteiger partial charge in [0.2, 0.25) is 0 Å². The van der Waals surface area contributed by atoms with Crippen molar-refractivity contribution in [3.63, 3.8) is 0 Å². The van der Waals surface area contributed by atoms with Gasteiger partial charge in [0.25, 0.3) is 0 Å². The number of rotatable bonds is 4. The molecule has 1 atom stereocenters. The number of para-hydroxylation sites is 1. The molecule has 0 aliphatic carbocycles. The zero-order valence-electron chi connectivity index (χ0n) is 8.09. The smallest absolute Gasteiger partial charge is 0.308 e. The molecule has 0 spiro atoms. The number of aliphatic carboxylic acids is 1. The van der Waals surface area contributed by atoms with Crippen LogP contribution in [0.15, 0.2) is 24.3 Å². The molecule has 0 aliphatic heterocycles. The number of carboxylic acid groups (broad SMARTS) is 1. The first-order chi connectivity index (χ1) is 6.65. The molecule has 0 saturated heterocycles. The molecule has 0 saturated carbocycles. The number of phenols is 1. The van der Waals surface area contributed by atoms with Crippen molar-refractivity contribution in [2.45, 2.75) is 6.42 Å². The molecule has 15 heavy (non-hydrogen) atoms. The van der Waals surface area contributed by atoms with E-state index >= 15 is 0 Å². The summed E-state index contributed by atoms with van der Waals surface area (Å²) in [7, 11) is 0. The lowest BCUT2D eigenvalue weighted by Crippen LogP contribution is -2.25. The Bertz CT molecular complexity index is 330. The fourth-order valence-corrected chi connectivity index (χ4v) is 1.22. The van der Waals surface area contributed by atoms with E-state index < -0.39 is 11.9 Å². The highest BCUT2D eigenvalue weighted by Crippen LogP contribution is 2.19. The van der Waals surface area contributed by atoms with E-state index in [9.17, 15) is 9.90 Å². The predicted molar refractivity (Wildman–Crippen MR) is 59.2 cm³/mol. The first-order valence-corrected chi connectivity index (χ1v) is 4.35. The van der Waals surface area contributed by atoms with Crippen molar-refractivity contribution >= 4 is 18.4 Å². The average molecular weight is 232 g/mol. The number of phenolic OH excluding ortho intramolecular Hbond substituents is 1. The third-order valence-electron chi connectivity index (χ3n) is 2.09. The van der Waals surface area contributed by atoms with Crippen molar-refractivity contribution in [3.05, 3.63) is 29.8 Å². The number of halogens is 1. The molecule has 0 radical (unpaired) electrons. The van der Waals surface area contributed by atoms with Gasteiger partial charge in [-0.2, -0.15) is 0 Å². The second-order valence-corrected chi connectivity index (χ2v) is 3.10. The van der Waals surface area contributed by atoms with Crippen LogP contribution < -0.4 is 5.73 Å². The van der Waals surface area contributed by atoms with Gasteiger partial charge in [-0.3, -0.25) is 4.79 Å². The summed E-state index contributed by atoms with van der Waals surface area (Å²) in [5.74, 6) is -1.45. The third-order valence-corrected chi connectivity index (χ3v) is 2.09. The van der Waals surface area contributed by atoms with Crippen LogP contribution in [0, 0.1) is 5.92 Å². The van der Waals surface area contributed by atoms with Crippen LogP contribution in [0.5, 0.6) is 5.75 Å². The van der Waals surface area contributed by atoms with Crippen LogP contribution in [0.25, 0.3) is 0 Å². The number of nitrogens with two attached hydrogens (primary N) is 1. The van der Waals surface area contributed by atoms with Crippen molar-refractivity contribution in [1.29, 1.82) is 0 Å². The highest BCUT2D eigenvalue weighted by molar-refractivity contribution is 5.85. The van der Waals surface area contributed by atoms with Gasteiger partial charge in [-0.25, -0.2) is 0 Å². The molecule has 0 aromatic heterocycles. The Balaban J connectivity index is 0.00000196. The van der Waals surface area contributed by atoms with Crippen LogP contribution in [0.2, 0.25) is 0 Å². The standard InChI is InChI=1S/C10H13NO3.ClH/c11-6-8(10(13)14)5-7-3-1-2-4-9(7)12;/h1-4,8,12H,5-6,11H2,(H,13,14);1H/t8-;/m0./s1. The molecule has 0 unspecified atom stereocenters. The van der Waals surface area contributed by atoms with E-state index in [0.29, 0.717) is 5.56 Å². The van der Waals surface area contributed by atoms with Crippen LogP contribution in [0.1, 0.15) is 5.56 Å². The van der Waals surface area contributed by atoms with E-state index in [1.54, 1.807) is 18.2 Å². The monoisotopic (exact) mass is 231 g/mol. The van der Waals surface area contributed by atoms with Gasteiger partial charge >= 0.3 is 5.97 Å². The summed E-state index contributed by atoms with van der Waals surface area (Å²) in [6.07, 6.45) is 0.262. The largest absolute Gasteiger partial charge is 0.508 e. The maximum atomic E-state index is 10.7. The molecule has 0 aliphatic rings. The van der Waals surface area contributed by atoms with Crippen molar-refractivity contribution in [3.8, 4) is 5.75 Å². The number of benzene rings is 1. The van der Waals surface area contributed by atoms with E-state index in [-0.39, 0.29) is 31.1 Å². The van der Waals surface area contributed by atoms with E-state index in [1.165, 1.54) is 6.07 Å². The van der Waals surface area contributed by atoms with Crippen molar-refractivity contribution < 1.29 is 15.0 Å². The summed E-state index contributed by atoms with van der Waals surface area (Å²) in [5.41, 5.74) is 5.93. The summed E-state index contributed by atoms with van der Waals surface area (Å²) in [6.45, 7) is 0.0731. The first-order valence-electron chi connectivity index (χ1n) is 4.35. The SMILES string of the molecule is Cl.NC[C@H](Cc1ccccc1O)C(=O)O. The number of hydrogen-bond donors (Lipinski definition) is 3. The van der Waals surface area contributed by atoms with Gasteiger partial charge in [0.1, 0.15) is 5.75 Å². The molecule has 0 heterocycles. The van der Waals surface area contributed by atoms with Crippen LogP contribution in [-0.2, 0) is 11.2 Å². The minimum atomic E-state index is -0.934. The molecule has 5 heteroatoms. The van der Waals surface area contributed by atoms with Crippen molar-refractivity contribution in [2.24, 2.45) is 11.7 Å². The summed E-state index contributed by atoms with van der Waals surface area (Å²) in [6, 6.07) is 6.67. The lowest BCUT2D eigenvalue weighted by Gasteiger charge is -2.10. The molecule has 0 amide bonds. The maximum absolute atomic E-state index is 10.7. The van der Waals surface area contributed by atoms with Crippen LogP contribution in [-0.4, -0.2) is 22.7 Å². The molecule has 1 aromatic rings. The van der Waals surface area contributed by atoms with Gasteiger partial charge in [-0.15, -0.1) is 12.4 Å². The molecule has 0 bridgehead atoms. The van der Waals surface area contributed by atoms with E-state index in [4.69, 9.17) is 10.8 Å². The van der Waals surface area contributed by atoms with Gasteiger partial charge in [-0.05, 0) is 18.1 Å². The van der Waals surface area contributed by atoms with Gasteiger partial charge < -0.3 is 15.9 Å². The second kappa shape index (κ2) is 6.27. The molecule has 4 nitrogen and oxygen atoms in total. The average Bonchev–Trinajstić information content (AvgIpc) is 2.16. The summed E-state index contributed by atoms with van der Waals surface area (Å²) < 4.78 is 0. The summed E-state index contributed by atoms with van der Waals surface area (Å²) in [5, 5.41) is 18.2. The predicted octanol–water partition coefficient (Wildman–Crippen LogP) is 1.02. The van der Waals surface area contributed by atoms with Gasteiger partial charge in [-0.1, -0.05) is 18.2 Å². The highest BCUT2D eigenvalue weighted by atomic mass is 35.5. The lowest BCUT2D eigenvalue weighted by atomic mass is 9.99. The number of carboxylic acids is 1. The Hall–Kier alpha value is -1.26. The van der Waals surface area contributed by atoms with E-state index in [1.807, 2.05) is 0 Å².